The van der Waals surface area contributed by atoms with Gasteiger partial charge >= 0.3 is 16.8 Å². The summed E-state index contributed by atoms with van der Waals surface area (Å²) in [6, 6.07) is 2.74. The Bertz CT molecular complexity index is 1340. The number of anilines is 1. The van der Waals surface area contributed by atoms with Gasteiger partial charge in [-0.2, -0.15) is 4.98 Å². The fraction of sp³-hybridized carbons (Fsp3) is 0.316. The molecule has 11 nitrogen and oxygen atoms in total. The molecule has 2 aromatic heterocycles. The second-order valence-electron chi connectivity index (χ2n) is 6.87. The van der Waals surface area contributed by atoms with Crippen LogP contribution in [0.25, 0.3) is 16.0 Å². The number of esters is 1. The standard InChI is InChI=1S/C19H18N4O7S2/c1-29-12(24)7-10-8(6-13-30-2-3-31-13)4-9(17(26)27)5-11(10)23-15-14(32-19(23)28)16(25)22-18(20)21-15/h4-5,13H,2-3,6-7H2,1H3,(H,26,27)(H3,20,21,22,25). The number of carbonyl (C=O) groups excluding carboxylic acids is 1. The predicted octanol–water partition coefficient (Wildman–Crippen LogP) is 0.763. The van der Waals surface area contributed by atoms with Gasteiger partial charge in [0, 0.05) is 12.2 Å². The van der Waals surface area contributed by atoms with Gasteiger partial charge in [-0.25, -0.2) is 4.79 Å². The lowest BCUT2D eigenvalue weighted by atomic mass is 9.96. The van der Waals surface area contributed by atoms with E-state index < -0.39 is 22.4 Å². The van der Waals surface area contributed by atoms with E-state index >= 15 is 0 Å². The molecule has 0 spiro atoms. The fourth-order valence-corrected chi connectivity index (χ4v) is 5.26. The van der Waals surface area contributed by atoms with Crippen LogP contribution >= 0.6 is 23.1 Å². The van der Waals surface area contributed by atoms with Gasteiger partial charge in [0.25, 0.3) is 5.56 Å². The van der Waals surface area contributed by atoms with E-state index in [0.29, 0.717) is 35.5 Å². The summed E-state index contributed by atoms with van der Waals surface area (Å²) >= 11 is 2.22. The maximum Gasteiger partial charge on any atom is 0.335 e. The van der Waals surface area contributed by atoms with Gasteiger partial charge in [-0.05, 0) is 23.3 Å². The van der Waals surface area contributed by atoms with Gasteiger partial charge in [-0.15, -0.1) is 11.8 Å². The number of carbonyl (C=O) groups is 2. The van der Waals surface area contributed by atoms with Crippen molar-refractivity contribution in [3.63, 3.8) is 0 Å². The van der Waals surface area contributed by atoms with Crippen LogP contribution in [0, 0.1) is 0 Å². The highest BCUT2D eigenvalue weighted by Crippen LogP contribution is 2.30. The highest BCUT2D eigenvalue weighted by atomic mass is 32.2. The molecule has 0 saturated carbocycles. The van der Waals surface area contributed by atoms with Crippen LogP contribution in [0.4, 0.5) is 5.95 Å². The number of aromatic amines is 1. The van der Waals surface area contributed by atoms with E-state index in [1.807, 2.05) is 0 Å². The average molecular weight is 479 g/mol. The van der Waals surface area contributed by atoms with Gasteiger partial charge in [0.1, 0.15) is 10.1 Å². The summed E-state index contributed by atoms with van der Waals surface area (Å²) in [7, 11) is 1.23. The van der Waals surface area contributed by atoms with E-state index in [9.17, 15) is 24.3 Å². The predicted molar refractivity (Wildman–Crippen MR) is 119 cm³/mol. The minimum atomic E-state index is -1.21. The Morgan fingerprint density at radius 1 is 1.41 bits per heavy atom. The van der Waals surface area contributed by atoms with Crippen LogP contribution < -0.4 is 16.2 Å². The Morgan fingerprint density at radius 2 is 2.19 bits per heavy atom. The van der Waals surface area contributed by atoms with Crippen LogP contribution in [0.3, 0.4) is 0 Å². The third-order valence-corrected chi connectivity index (χ3v) is 6.90. The summed E-state index contributed by atoms with van der Waals surface area (Å²) in [4.78, 5) is 55.1. The van der Waals surface area contributed by atoms with E-state index in [2.05, 4.69) is 9.97 Å². The molecule has 3 aromatic rings. The molecule has 0 amide bonds. The molecule has 1 aliphatic heterocycles. The molecule has 1 fully saturated rings. The van der Waals surface area contributed by atoms with E-state index in [1.54, 1.807) is 11.8 Å². The van der Waals surface area contributed by atoms with Crippen molar-refractivity contribution in [3.8, 4) is 5.69 Å². The van der Waals surface area contributed by atoms with Crippen LogP contribution in [0.15, 0.2) is 21.7 Å². The first kappa shape index (κ1) is 22.0. The van der Waals surface area contributed by atoms with Crippen molar-refractivity contribution in [1.29, 1.82) is 0 Å². The van der Waals surface area contributed by atoms with Crippen molar-refractivity contribution < 1.29 is 24.2 Å². The zero-order valence-corrected chi connectivity index (χ0v) is 18.4. The molecule has 1 aliphatic rings. The van der Waals surface area contributed by atoms with E-state index in [0.717, 1.165) is 10.3 Å². The van der Waals surface area contributed by atoms with E-state index in [-0.39, 0.29) is 39.4 Å². The summed E-state index contributed by atoms with van der Waals surface area (Å²) in [5.74, 6) is -1.19. The number of rotatable bonds is 6. The first-order valence-electron chi connectivity index (χ1n) is 9.39. The Balaban J connectivity index is 2.03. The second kappa shape index (κ2) is 8.76. The summed E-state index contributed by atoms with van der Waals surface area (Å²) in [6.07, 6.45) is 0.0962. The number of nitrogens with one attached hydrogen (secondary N) is 1. The number of carboxylic acid groups (broad SMARTS) is 1. The maximum absolute atomic E-state index is 12.9. The molecule has 1 atom stereocenters. The number of ether oxygens (including phenoxy) is 2. The fourth-order valence-electron chi connectivity index (χ4n) is 3.49. The number of hydrogen-bond donors (Lipinski definition) is 3. The molecule has 0 aliphatic carbocycles. The lowest BCUT2D eigenvalue weighted by Gasteiger charge is -2.18. The molecule has 1 saturated heterocycles. The first-order valence-corrected chi connectivity index (χ1v) is 11.3. The van der Waals surface area contributed by atoms with E-state index in [4.69, 9.17) is 15.2 Å². The van der Waals surface area contributed by atoms with Crippen LogP contribution in [0.1, 0.15) is 21.5 Å². The Kier molecular flexibility index (Phi) is 6.04. The number of nitrogens with two attached hydrogens (primary N) is 1. The minimum absolute atomic E-state index is 0.0210. The van der Waals surface area contributed by atoms with E-state index in [1.165, 1.54) is 19.2 Å². The molecule has 4 rings (SSSR count). The topological polar surface area (TPSA) is 167 Å². The number of fused-ring (bicyclic) bond motifs is 1. The van der Waals surface area contributed by atoms with Gasteiger partial charge < -0.3 is 20.3 Å². The number of thiazole rings is 1. The molecular formula is C19H18N4O7S2. The van der Waals surface area contributed by atoms with Gasteiger partial charge in [0.2, 0.25) is 5.95 Å². The lowest BCUT2D eigenvalue weighted by molar-refractivity contribution is -0.139. The molecule has 3 heterocycles. The van der Waals surface area contributed by atoms with Crippen molar-refractivity contribution >= 4 is 51.3 Å². The number of aromatic carboxylic acids is 1. The number of thioether (sulfide) groups is 1. The Labute approximate surface area is 188 Å². The lowest BCUT2D eigenvalue weighted by Crippen LogP contribution is -2.20. The smallest absolute Gasteiger partial charge is 0.335 e. The molecule has 32 heavy (non-hydrogen) atoms. The Morgan fingerprint density at radius 3 is 2.84 bits per heavy atom. The second-order valence-corrected chi connectivity index (χ2v) is 9.10. The monoisotopic (exact) mass is 478 g/mol. The molecule has 168 valence electrons. The molecular weight excluding hydrogens is 460 g/mol. The van der Waals surface area contributed by atoms with Crippen molar-refractivity contribution in [2.75, 3.05) is 25.2 Å². The number of benzene rings is 1. The van der Waals surface area contributed by atoms with Crippen molar-refractivity contribution in [2.45, 2.75) is 18.3 Å². The van der Waals surface area contributed by atoms with Crippen LogP contribution in [-0.4, -0.2) is 56.5 Å². The average Bonchev–Trinajstić information content (AvgIpc) is 3.36. The third kappa shape index (κ3) is 4.13. The van der Waals surface area contributed by atoms with Gasteiger partial charge in [-0.3, -0.25) is 23.9 Å². The SMILES string of the molecule is COC(=O)Cc1c(CC2OCCS2)cc(C(=O)O)cc1-n1c(=O)sc2c(=O)[nH]c(N)nc21. The van der Waals surface area contributed by atoms with Crippen LogP contribution in [-0.2, 0) is 27.1 Å². The molecule has 1 unspecified atom stereocenters. The summed E-state index contributed by atoms with van der Waals surface area (Å²) in [5.41, 5.74) is 5.79. The van der Waals surface area contributed by atoms with Crippen molar-refractivity contribution in [3.05, 3.63) is 48.8 Å². The van der Waals surface area contributed by atoms with Crippen molar-refractivity contribution in [1.82, 2.24) is 14.5 Å². The number of aromatic nitrogens is 3. The quantitative estimate of drug-likeness (QED) is 0.430. The number of H-pyrrole nitrogens is 1. The summed E-state index contributed by atoms with van der Waals surface area (Å²) in [6.45, 7) is 0.563. The van der Waals surface area contributed by atoms with Crippen LogP contribution in [0.2, 0.25) is 0 Å². The van der Waals surface area contributed by atoms with Gasteiger partial charge in [-0.1, -0.05) is 11.3 Å². The first-order chi connectivity index (χ1) is 15.3. The number of carboxylic acids is 1. The Hall–Kier alpha value is -3.16. The molecule has 0 bridgehead atoms. The minimum Gasteiger partial charge on any atom is -0.478 e. The normalized spacial score (nSPS) is 15.8. The molecule has 4 N–H and O–H groups in total. The number of nitrogen functional groups attached to an aromatic ring is 1. The zero-order chi connectivity index (χ0) is 23.0. The van der Waals surface area contributed by atoms with Gasteiger partial charge in [0.05, 0.1) is 31.4 Å². The maximum atomic E-state index is 12.9. The third-order valence-electron chi connectivity index (χ3n) is 4.89. The summed E-state index contributed by atoms with van der Waals surface area (Å²) < 4.78 is 11.6. The highest BCUT2D eigenvalue weighted by Gasteiger charge is 2.26. The number of methoxy groups -OCH3 is 1. The zero-order valence-electron chi connectivity index (χ0n) is 16.7. The number of nitrogens with zero attached hydrogens (tertiary/aromatic N) is 2. The van der Waals surface area contributed by atoms with Gasteiger partial charge in [0.15, 0.2) is 5.65 Å². The summed E-state index contributed by atoms with van der Waals surface area (Å²) in [5, 5.41) is 9.68. The molecule has 13 heteroatoms. The highest BCUT2D eigenvalue weighted by molar-refractivity contribution is 7.99. The molecule has 0 radical (unpaired) electrons. The largest absolute Gasteiger partial charge is 0.478 e. The van der Waals surface area contributed by atoms with Crippen LogP contribution in [0.5, 0.6) is 0 Å². The van der Waals surface area contributed by atoms with Crippen molar-refractivity contribution in [2.24, 2.45) is 0 Å². The number of hydrogen-bond acceptors (Lipinski definition) is 10. The molecule has 1 aromatic carbocycles.